The van der Waals surface area contributed by atoms with Crippen LogP contribution in [0.2, 0.25) is 0 Å². The molecule has 154 valence electrons. The fourth-order valence-electron chi connectivity index (χ4n) is 3.59. The first-order valence-corrected chi connectivity index (χ1v) is 10.1. The summed E-state index contributed by atoms with van der Waals surface area (Å²) in [5.74, 6) is 0.744. The number of aromatic nitrogens is 2. The normalized spacial score (nSPS) is 14.6. The average Bonchev–Trinajstić information content (AvgIpc) is 3.16. The molecule has 7 heteroatoms. The number of amides is 1. The van der Waals surface area contributed by atoms with E-state index in [4.69, 9.17) is 4.74 Å². The first-order valence-electron chi connectivity index (χ1n) is 10.1. The van der Waals surface area contributed by atoms with E-state index in [1.165, 1.54) is 0 Å². The number of nitrogens with zero attached hydrogens (tertiary/aromatic N) is 4. The lowest BCUT2D eigenvalue weighted by molar-refractivity contribution is 0.0240. The highest BCUT2D eigenvalue weighted by molar-refractivity contribution is 5.80. The zero-order chi connectivity index (χ0) is 21.3. The highest BCUT2D eigenvalue weighted by Crippen LogP contribution is 2.28. The molecule has 7 nitrogen and oxygen atoms in total. The van der Waals surface area contributed by atoms with Gasteiger partial charge in [0.15, 0.2) is 0 Å². The summed E-state index contributed by atoms with van der Waals surface area (Å²) in [6.45, 7) is 8.02. The van der Waals surface area contributed by atoms with Crippen LogP contribution in [0.15, 0.2) is 42.5 Å². The number of ether oxygens (including phenoxy) is 1. The van der Waals surface area contributed by atoms with Crippen LogP contribution in [0.3, 0.4) is 0 Å². The van der Waals surface area contributed by atoms with E-state index in [2.05, 4.69) is 20.9 Å². The van der Waals surface area contributed by atoms with Crippen molar-refractivity contribution in [3.8, 4) is 17.5 Å². The number of aromatic amines is 1. The number of hydrogen-bond acceptors (Lipinski definition) is 5. The SMILES string of the molecule is CC(C)(C)OC(=O)N1CCN(c2ccc(-c3nc4ccccc4[nH]3)cc2C#N)CC1. The van der Waals surface area contributed by atoms with Crippen LogP contribution in [-0.2, 0) is 4.74 Å². The second kappa shape index (κ2) is 7.71. The Morgan fingerprint density at radius 2 is 1.87 bits per heavy atom. The lowest BCUT2D eigenvalue weighted by Gasteiger charge is -2.37. The number of para-hydroxylation sites is 2. The Bertz CT molecular complexity index is 1080. The number of benzene rings is 2. The van der Waals surface area contributed by atoms with Gasteiger partial charge in [0.05, 0.1) is 22.3 Å². The molecular formula is C23H25N5O2. The summed E-state index contributed by atoms with van der Waals surface area (Å²) < 4.78 is 5.46. The molecule has 1 fully saturated rings. The highest BCUT2D eigenvalue weighted by atomic mass is 16.6. The third kappa shape index (κ3) is 4.08. The van der Waals surface area contributed by atoms with Crippen LogP contribution in [0.25, 0.3) is 22.4 Å². The molecule has 0 aliphatic carbocycles. The lowest BCUT2D eigenvalue weighted by atomic mass is 10.1. The van der Waals surface area contributed by atoms with Crippen LogP contribution in [0.1, 0.15) is 26.3 Å². The predicted octanol–water partition coefficient (Wildman–Crippen LogP) is 4.16. The number of H-pyrrole nitrogens is 1. The molecular weight excluding hydrogens is 378 g/mol. The minimum Gasteiger partial charge on any atom is -0.444 e. The number of fused-ring (bicyclic) bond motifs is 1. The van der Waals surface area contributed by atoms with Crippen molar-refractivity contribution in [3.05, 3.63) is 48.0 Å². The second-order valence-corrected chi connectivity index (χ2v) is 8.40. The first-order chi connectivity index (χ1) is 14.3. The molecule has 0 unspecified atom stereocenters. The Balaban J connectivity index is 1.50. The molecule has 1 aliphatic rings. The Morgan fingerprint density at radius 3 is 2.53 bits per heavy atom. The number of nitriles is 1. The van der Waals surface area contributed by atoms with Gasteiger partial charge >= 0.3 is 6.09 Å². The zero-order valence-electron chi connectivity index (χ0n) is 17.5. The van der Waals surface area contributed by atoms with Gasteiger partial charge in [0.2, 0.25) is 0 Å². The zero-order valence-corrected chi connectivity index (χ0v) is 17.5. The van der Waals surface area contributed by atoms with Crippen LogP contribution in [0, 0.1) is 11.3 Å². The molecule has 0 radical (unpaired) electrons. The van der Waals surface area contributed by atoms with Gasteiger partial charge in [-0.05, 0) is 51.1 Å². The largest absolute Gasteiger partial charge is 0.444 e. The van der Waals surface area contributed by atoms with Gasteiger partial charge in [-0.3, -0.25) is 0 Å². The summed E-state index contributed by atoms with van der Waals surface area (Å²) in [5, 5.41) is 9.74. The molecule has 1 aromatic heterocycles. The number of nitrogens with one attached hydrogen (secondary N) is 1. The van der Waals surface area contributed by atoms with Gasteiger partial charge in [-0.25, -0.2) is 9.78 Å². The maximum Gasteiger partial charge on any atom is 0.410 e. The molecule has 3 aromatic rings. The number of rotatable bonds is 2. The number of anilines is 1. The Labute approximate surface area is 175 Å². The molecule has 1 aliphatic heterocycles. The Hall–Kier alpha value is -3.53. The van der Waals surface area contributed by atoms with Gasteiger partial charge < -0.3 is 19.5 Å². The molecule has 0 atom stereocenters. The Kier molecular flexibility index (Phi) is 5.08. The number of carbonyl (C=O) groups is 1. The van der Waals surface area contributed by atoms with Crippen LogP contribution < -0.4 is 4.90 Å². The van der Waals surface area contributed by atoms with Crippen molar-refractivity contribution in [1.82, 2.24) is 14.9 Å². The molecule has 0 spiro atoms. The lowest BCUT2D eigenvalue weighted by Crippen LogP contribution is -2.50. The third-order valence-electron chi connectivity index (χ3n) is 5.05. The maximum atomic E-state index is 12.3. The van der Waals surface area contributed by atoms with Crippen molar-refractivity contribution in [1.29, 1.82) is 5.26 Å². The summed E-state index contributed by atoms with van der Waals surface area (Å²) in [4.78, 5) is 24.1. The number of piperazine rings is 1. The smallest absolute Gasteiger partial charge is 0.410 e. The van der Waals surface area contributed by atoms with Crippen molar-refractivity contribution in [3.63, 3.8) is 0 Å². The van der Waals surface area contributed by atoms with Crippen molar-refractivity contribution in [2.24, 2.45) is 0 Å². The quantitative estimate of drug-likeness (QED) is 0.694. The van der Waals surface area contributed by atoms with Crippen LogP contribution in [0.4, 0.5) is 10.5 Å². The summed E-state index contributed by atoms with van der Waals surface area (Å²) in [6.07, 6.45) is -0.289. The van der Waals surface area contributed by atoms with E-state index in [1.54, 1.807) is 4.90 Å². The standard InChI is InChI=1S/C23H25N5O2/c1-23(2,3)30-22(29)28-12-10-27(11-13-28)20-9-8-16(14-17(20)15-24)21-25-18-6-4-5-7-19(18)26-21/h4-9,14H,10-13H2,1-3H3,(H,25,26). The van der Waals surface area contributed by atoms with Crippen LogP contribution in [-0.4, -0.2) is 52.7 Å². The molecule has 4 rings (SSSR count). The molecule has 2 aromatic carbocycles. The minimum atomic E-state index is -0.505. The Morgan fingerprint density at radius 1 is 1.13 bits per heavy atom. The number of hydrogen-bond donors (Lipinski definition) is 1. The van der Waals surface area contributed by atoms with Crippen molar-refractivity contribution in [2.75, 3.05) is 31.1 Å². The van der Waals surface area contributed by atoms with Crippen molar-refractivity contribution >= 4 is 22.8 Å². The fourth-order valence-corrected chi connectivity index (χ4v) is 3.59. The number of imidazole rings is 1. The summed E-state index contributed by atoms with van der Waals surface area (Å²) >= 11 is 0. The monoisotopic (exact) mass is 403 g/mol. The average molecular weight is 403 g/mol. The molecule has 2 heterocycles. The van der Waals surface area contributed by atoms with E-state index >= 15 is 0 Å². The van der Waals surface area contributed by atoms with E-state index in [1.807, 2.05) is 63.2 Å². The molecule has 0 bridgehead atoms. The summed E-state index contributed by atoms with van der Waals surface area (Å²) in [5.41, 5.74) is 3.70. The summed E-state index contributed by atoms with van der Waals surface area (Å²) in [7, 11) is 0. The van der Waals surface area contributed by atoms with E-state index in [0.29, 0.717) is 31.7 Å². The van der Waals surface area contributed by atoms with Gasteiger partial charge in [0.25, 0.3) is 0 Å². The van der Waals surface area contributed by atoms with Gasteiger partial charge in [0.1, 0.15) is 17.5 Å². The number of carbonyl (C=O) groups excluding carboxylic acids is 1. The van der Waals surface area contributed by atoms with E-state index in [9.17, 15) is 10.1 Å². The molecule has 0 saturated carbocycles. The second-order valence-electron chi connectivity index (χ2n) is 8.40. The van der Waals surface area contributed by atoms with Gasteiger partial charge in [-0.2, -0.15) is 5.26 Å². The van der Waals surface area contributed by atoms with Crippen molar-refractivity contribution < 1.29 is 9.53 Å². The van der Waals surface area contributed by atoms with Crippen LogP contribution in [0.5, 0.6) is 0 Å². The van der Waals surface area contributed by atoms with Gasteiger partial charge in [-0.15, -0.1) is 0 Å². The van der Waals surface area contributed by atoms with Gasteiger partial charge in [-0.1, -0.05) is 12.1 Å². The first kappa shape index (κ1) is 19.8. The molecule has 30 heavy (non-hydrogen) atoms. The van der Waals surface area contributed by atoms with E-state index < -0.39 is 5.60 Å². The highest BCUT2D eigenvalue weighted by Gasteiger charge is 2.26. The minimum absolute atomic E-state index is 0.289. The van der Waals surface area contributed by atoms with E-state index in [0.717, 1.165) is 28.1 Å². The van der Waals surface area contributed by atoms with Crippen LogP contribution >= 0.6 is 0 Å². The maximum absolute atomic E-state index is 12.3. The third-order valence-corrected chi connectivity index (χ3v) is 5.05. The molecule has 1 amide bonds. The topological polar surface area (TPSA) is 85.2 Å². The van der Waals surface area contributed by atoms with E-state index in [-0.39, 0.29) is 6.09 Å². The summed E-state index contributed by atoms with van der Waals surface area (Å²) in [6, 6.07) is 16.0. The molecule has 1 saturated heterocycles. The molecule has 1 N–H and O–H groups in total. The fraction of sp³-hybridized carbons (Fsp3) is 0.348. The van der Waals surface area contributed by atoms with Gasteiger partial charge in [0, 0.05) is 31.7 Å². The predicted molar refractivity (Wildman–Crippen MR) is 116 cm³/mol. The van der Waals surface area contributed by atoms with Crippen molar-refractivity contribution in [2.45, 2.75) is 26.4 Å².